The fraction of sp³-hybridized carbons (Fsp3) is 0.714. The average Bonchev–Trinajstić information content (AvgIpc) is 2.72. The number of aliphatic hydroxyl groups excluding tert-OH is 1. The third-order valence-corrected chi connectivity index (χ3v) is 2.84. The van der Waals surface area contributed by atoms with Crippen molar-refractivity contribution in [3.63, 3.8) is 0 Å². The van der Waals surface area contributed by atoms with Crippen molar-refractivity contribution >= 4 is 0 Å². The van der Waals surface area contributed by atoms with Crippen LogP contribution in [0.3, 0.4) is 0 Å². The molecule has 0 bridgehead atoms. The molecule has 0 aliphatic carbocycles. The maximum absolute atomic E-state index is 8.73. The zero-order valence-corrected chi connectivity index (χ0v) is 11.2. The summed E-state index contributed by atoms with van der Waals surface area (Å²) in [5.41, 5.74) is 1.36. The summed E-state index contributed by atoms with van der Waals surface area (Å²) < 4.78 is 2.31. The van der Waals surface area contributed by atoms with E-state index in [0.717, 1.165) is 38.9 Å². The molecule has 0 fully saturated rings. The van der Waals surface area contributed by atoms with Gasteiger partial charge < -0.3 is 15.0 Å². The van der Waals surface area contributed by atoms with Crippen LogP contribution < -0.4 is 5.32 Å². The van der Waals surface area contributed by atoms with Crippen LogP contribution in [0.4, 0.5) is 0 Å². The monoisotopic (exact) mass is 238 g/mol. The van der Waals surface area contributed by atoms with E-state index in [1.807, 2.05) is 0 Å². The van der Waals surface area contributed by atoms with Crippen molar-refractivity contribution in [3.8, 4) is 0 Å². The van der Waals surface area contributed by atoms with Crippen molar-refractivity contribution in [1.82, 2.24) is 9.88 Å². The van der Waals surface area contributed by atoms with Gasteiger partial charge in [-0.3, -0.25) is 0 Å². The smallest absolute Gasteiger partial charge is 0.0431 e. The van der Waals surface area contributed by atoms with Crippen molar-refractivity contribution < 1.29 is 5.11 Å². The lowest BCUT2D eigenvalue weighted by molar-refractivity contribution is 0.281. The summed E-state index contributed by atoms with van der Waals surface area (Å²) in [5.74, 6) is 0.697. The Balaban J connectivity index is 2.27. The number of aliphatic hydroxyl groups is 1. The highest BCUT2D eigenvalue weighted by Crippen LogP contribution is 2.06. The lowest BCUT2D eigenvalue weighted by Gasteiger charge is -2.11. The third-order valence-electron chi connectivity index (χ3n) is 2.84. The summed E-state index contributed by atoms with van der Waals surface area (Å²) in [5, 5.41) is 12.2. The number of aryl methyl sites for hydroxylation is 1. The van der Waals surface area contributed by atoms with Crippen LogP contribution in [-0.2, 0) is 13.1 Å². The molecule has 3 heteroatoms. The maximum atomic E-state index is 8.73. The number of aromatic nitrogens is 1. The minimum absolute atomic E-state index is 0.314. The number of rotatable bonds is 9. The van der Waals surface area contributed by atoms with E-state index in [2.05, 4.69) is 42.1 Å². The molecule has 3 nitrogen and oxygen atoms in total. The van der Waals surface area contributed by atoms with Crippen molar-refractivity contribution in [2.45, 2.75) is 46.2 Å². The molecule has 0 aliphatic rings. The maximum Gasteiger partial charge on any atom is 0.0431 e. The van der Waals surface area contributed by atoms with Crippen molar-refractivity contribution in [1.29, 1.82) is 0 Å². The van der Waals surface area contributed by atoms with E-state index in [1.54, 1.807) is 0 Å². The molecule has 0 aromatic carbocycles. The van der Waals surface area contributed by atoms with E-state index in [0.29, 0.717) is 12.5 Å². The van der Waals surface area contributed by atoms with E-state index in [9.17, 15) is 0 Å². The third kappa shape index (κ3) is 5.89. The van der Waals surface area contributed by atoms with E-state index in [4.69, 9.17) is 5.11 Å². The molecule has 1 aromatic heterocycles. The second kappa shape index (κ2) is 8.31. The van der Waals surface area contributed by atoms with Gasteiger partial charge in [0.1, 0.15) is 0 Å². The summed E-state index contributed by atoms with van der Waals surface area (Å²) in [6, 6.07) is 4.29. The number of hydrogen-bond acceptors (Lipinski definition) is 2. The van der Waals surface area contributed by atoms with Gasteiger partial charge in [0.05, 0.1) is 0 Å². The van der Waals surface area contributed by atoms with Crippen molar-refractivity contribution in [2.75, 3.05) is 13.2 Å². The van der Waals surface area contributed by atoms with Crippen LogP contribution in [0.5, 0.6) is 0 Å². The van der Waals surface area contributed by atoms with Crippen LogP contribution in [-0.4, -0.2) is 22.8 Å². The van der Waals surface area contributed by atoms with Gasteiger partial charge in [0.2, 0.25) is 0 Å². The zero-order valence-electron chi connectivity index (χ0n) is 11.2. The van der Waals surface area contributed by atoms with Gasteiger partial charge in [-0.05, 0) is 43.9 Å². The molecule has 0 aliphatic heterocycles. The van der Waals surface area contributed by atoms with Crippen LogP contribution in [0.25, 0.3) is 0 Å². The molecule has 0 saturated heterocycles. The van der Waals surface area contributed by atoms with Gasteiger partial charge in [0.25, 0.3) is 0 Å². The number of hydrogen-bond donors (Lipinski definition) is 2. The molecule has 1 rings (SSSR count). The Kier molecular flexibility index (Phi) is 6.97. The molecule has 0 radical (unpaired) electrons. The fourth-order valence-corrected chi connectivity index (χ4v) is 1.89. The number of nitrogens with one attached hydrogen (secondary N) is 1. The molecule has 1 heterocycles. The van der Waals surface area contributed by atoms with Gasteiger partial charge in [-0.2, -0.15) is 0 Å². The summed E-state index contributed by atoms with van der Waals surface area (Å²) in [4.78, 5) is 0. The Morgan fingerprint density at radius 2 is 2.12 bits per heavy atom. The molecule has 98 valence electrons. The zero-order chi connectivity index (χ0) is 12.5. The second-order valence-electron chi connectivity index (χ2n) is 5.00. The minimum Gasteiger partial charge on any atom is -0.396 e. The quantitative estimate of drug-likeness (QED) is 0.648. The first-order chi connectivity index (χ1) is 8.24. The Morgan fingerprint density at radius 3 is 2.82 bits per heavy atom. The molecule has 0 spiro atoms. The Bertz CT molecular complexity index is 294. The second-order valence-corrected chi connectivity index (χ2v) is 5.00. The Morgan fingerprint density at radius 1 is 1.29 bits per heavy atom. The van der Waals surface area contributed by atoms with E-state index >= 15 is 0 Å². The molecule has 1 aromatic rings. The van der Waals surface area contributed by atoms with Gasteiger partial charge in [0.15, 0.2) is 0 Å². The van der Waals surface area contributed by atoms with E-state index in [-0.39, 0.29) is 0 Å². The van der Waals surface area contributed by atoms with Crippen LogP contribution in [0.15, 0.2) is 18.3 Å². The number of unbranched alkanes of at least 4 members (excludes halogenated alkanes) is 2. The van der Waals surface area contributed by atoms with Gasteiger partial charge in [-0.15, -0.1) is 0 Å². The topological polar surface area (TPSA) is 37.2 Å². The SMILES string of the molecule is CC(C)CNCc1cccn1CCCCCO. The van der Waals surface area contributed by atoms with Gasteiger partial charge in [-0.25, -0.2) is 0 Å². The lowest BCUT2D eigenvalue weighted by Crippen LogP contribution is -2.20. The fourth-order valence-electron chi connectivity index (χ4n) is 1.89. The Hall–Kier alpha value is -0.800. The summed E-state index contributed by atoms with van der Waals surface area (Å²) in [6.45, 7) is 7.84. The highest BCUT2D eigenvalue weighted by molar-refractivity contribution is 5.06. The Labute approximate surface area is 105 Å². The number of nitrogens with zero attached hydrogens (tertiary/aromatic N) is 1. The molecule has 0 unspecified atom stereocenters. The molecule has 0 saturated carbocycles. The lowest BCUT2D eigenvalue weighted by atomic mass is 10.2. The van der Waals surface area contributed by atoms with Crippen LogP contribution >= 0.6 is 0 Å². The van der Waals surface area contributed by atoms with Crippen LogP contribution in [0.1, 0.15) is 38.8 Å². The normalized spacial score (nSPS) is 11.3. The first-order valence-corrected chi connectivity index (χ1v) is 6.69. The average molecular weight is 238 g/mol. The highest BCUT2D eigenvalue weighted by atomic mass is 16.2. The predicted octanol–water partition coefficient (Wildman–Crippen LogP) is 2.40. The summed E-state index contributed by atoms with van der Waals surface area (Å²) in [7, 11) is 0. The summed E-state index contributed by atoms with van der Waals surface area (Å²) >= 11 is 0. The highest BCUT2D eigenvalue weighted by Gasteiger charge is 2.01. The molecule has 17 heavy (non-hydrogen) atoms. The van der Waals surface area contributed by atoms with E-state index in [1.165, 1.54) is 5.69 Å². The predicted molar refractivity (Wildman–Crippen MR) is 71.9 cm³/mol. The molecule has 0 amide bonds. The van der Waals surface area contributed by atoms with Crippen LogP contribution in [0, 0.1) is 5.92 Å². The van der Waals surface area contributed by atoms with Gasteiger partial charge in [0, 0.05) is 31.6 Å². The van der Waals surface area contributed by atoms with Crippen molar-refractivity contribution in [3.05, 3.63) is 24.0 Å². The molecule has 2 N–H and O–H groups in total. The van der Waals surface area contributed by atoms with E-state index < -0.39 is 0 Å². The largest absolute Gasteiger partial charge is 0.396 e. The molecule has 0 atom stereocenters. The van der Waals surface area contributed by atoms with Crippen molar-refractivity contribution in [2.24, 2.45) is 5.92 Å². The summed E-state index contributed by atoms with van der Waals surface area (Å²) in [6.07, 6.45) is 5.31. The molecular weight excluding hydrogens is 212 g/mol. The minimum atomic E-state index is 0.314. The van der Waals surface area contributed by atoms with Gasteiger partial charge in [-0.1, -0.05) is 13.8 Å². The first kappa shape index (κ1) is 14.3. The first-order valence-electron chi connectivity index (χ1n) is 6.69. The van der Waals surface area contributed by atoms with Gasteiger partial charge >= 0.3 is 0 Å². The molecular formula is C14H26N2O. The standard InChI is InChI=1S/C14H26N2O/c1-13(2)11-15-12-14-7-6-9-16(14)8-4-3-5-10-17/h6-7,9,13,15,17H,3-5,8,10-12H2,1-2H3. The van der Waals surface area contributed by atoms with Crippen LogP contribution in [0.2, 0.25) is 0 Å².